The molecule has 0 aliphatic heterocycles. The Hall–Kier alpha value is -0.120. The molecule has 1 rings (SSSR count). The second-order valence-corrected chi connectivity index (χ2v) is 3.53. The second kappa shape index (κ2) is 5.58. The topological polar surface area (TPSA) is 26.0 Å². The zero-order chi connectivity index (χ0) is 9.14. The summed E-state index contributed by atoms with van der Waals surface area (Å²) < 4.78 is 13.6. The molecule has 0 heterocycles. The molecule has 0 amide bonds. The van der Waals surface area contributed by atoms with E-state index in [1.807, 2.05) is 6.92 Å². The van der Waals surface area contributed by atoms with Gasteiger partial charge in [0, 0.05) is 10.5 Å². The summed E-state index contributed by atoms with van der Waals surface area (Å²) in [6.45, 7) is 1.97. The van der Waals surface area contributed by atoms with Gasteiger partial charge in [-0.2, -0.15) is 0 Å². The fourth-order valence-electron chi connectivity index (χ4n) is 1.02. The van der Waals surface area contributed by atoms with Crippen molar-refractivity contribution in [3.63, 3.8) is 0 Å². The lowest BCUT2D eigenvalue weighted by Gasteiger charge is -2.10. The first kappa shape index (κ1) is 12.9. The van der Waals surface area contributed by atoms with Gasteiger partial charge in [0.25, 0.3) is 0 Å². The van der Waals surface area contributed by atoms with Gasteiger partial charge < -0.3 is 5.73 Å². The molecule has 0 aromatic heterocycles. The van der Waals surface area contributed by atoms with Crippen LogP contribution in [-0.4, -0.2) is 0 Å². The maximum atomic E-state index is 12.8. The van der Waals surface area contributed by atoms with Crippen molar-refractivity contribution in [3.8, 4) is 0 Å². The van der Waals surface area contributed by atoms with E-state index in [1.165, 1.54) is 12.1 Å². The van der Waals surface area contributed by atoms with E-state index in [9.17, 15) is 4.39 Å². The molecule has 0 saturated heterocycles. The monoisotopic (exact) mass is 267 g/mol. The van der Waals surface area contributed by atoms with Gasteiger partial charge in [0.15, 0.2) is 0 Å². The fraction of sp³-hybridized carbons (Fsp3) is 0.333. The Labute approximate surface area is 92.1 Å². The summed E-state index contributed by atoms with van der Waals surface area (Å²) in [6, 6.07) is 4.48. The van der Waals surface area contributed by atoms with Crippen molar-refractivity contribution in [2.75, 3.05) is 0 Å². The molecule has 1 nitrogen and oxygen atoms in total. The van der Waals surface area contributed by atoms with Gasteiger partial charge in [-0.1, -0.05) is 22.9 Å². The van der Waals surface area contributed by atoms with Crippen molar-refractivity contribution in [1.82, 2.24) is 0 Å². The molecule has 0 aliphatic carbocycles. The van der Waals surface area contributed by atoms with Gasteiger partial charge in [0.05, 0.1) is 0 Å². The van der Waals surface area contributed by atoms with E-state index >= 15 is 0 Å². The van der Waals surface area contributed by atoms with E-state index in [2.05, 4.69) is 15.9 Å². The van der Waals surface area contributed by atoms with Crippen molar-refractivity contribution in [2.24, 2.45) is 5.73 Å². The average molecular weight is 269 g/mol. The van der Waals surface area contributed by atoms with Crippen LogP contribution in [0, 0.1) is 5.82 Å². The third kappa shape index (κ3) is 3.25. The Balaban J connectivity index is 0.00000144. The first-order chi connectivity index (χ1) is 5.65. The standard InChI is InChI=1S/C9H11BrFN.ClH/c1-2-9(12)7-5-6(11)3-4-8(7)10;/h3-5,9H,2,12H2,1H3;1H/t9-;/m1./s1. The fourth-order valence-corrected chi connectivity index (χ4v) is 1.56. The first-order valence-corrected chi connectivity index (χ1v) is 4.65. The summed E-state index contributed by atoms with van der Waals surface area (Å²) in [5.74, 6) is -0.239. The highest BCUT2D eigenvalue weighted by Gasteiger charge is 2.08. The molecule has 0 radical (unpaired) electrons. The second-order valence-electron chi connectivity index (χ2n) is 2.68. The molecular formula is C9H12BrClFN. The van der Waals surface area contributed by atoms with Gasteiger partial charge in [-0.15, -0.1) is 12.4 Å². The summed E-state index contributed by atoms with van der Waals surface area (Å²) >= 11 is 3.33. The summed E-state index contributed by atoms with van der Waals surface area (Å²) in [6.07, 6.45) is 0.808. The SMILES string of the molecule is CC[C@@H](N)c1cc(F)ccc1Br.Cl. The Kier molecular flexibility index (Phi) is 5.53. The van der Waals surface area contributed by atoms with Gasteiger partial charge in [-0.3, -0.25) is 0 Å². The molecule has 0 bridgehead atoms. The number of benzene rings is 1. The summed E-state index contributed by atoms with van der Waals surface area (Å²) in [5.41, 5.74) is 6.60. The van der Waals surface area contributed by atoms with Crippen LogP contribution < -0.4 is 5.73 Å². The predicted octanol–water partition coefficient (Wildman–Crippen LogP) is 3.42. The zero-order valence-corrected chi connectivity index (χ0v) is 9.66. The van der Waals surface area contributed by atoms with Crippen molar-refractivity contribution in [3.05, 3.63) is 34.1 Å². The highest BCUT2D eigenvalue weighted by Crippen LogP contribution is 2.24. The first-order valence-electron chi connectivity index (χ1n) is 3.85. The molecule has 1 aromatic carbocycles. The van der Waals surface area contributed by atoms with Crippen LogP contribution in [0.3, 0.4) is 0 Å². The Morgan fingerprint density at radius 1 is 1.54 bits per heavy atom. The quantitative estimate of drug-likeness (QED) is 0.874. The lowest BCUT2D eigenvalue weighted by molar-refractivity contribution is 0.615. The van der Waals surface area contributed by atoms with Crippen LogP contribution in [0.5, 0.6) is 0 Å². The smallest absolute Gasteiger partial charge is 0.123 e. The van der Waals surface area contributed by atoms with Gasteiger partial charge in [-0.25, -0.2) is 4.39 Å². The van der Waals surface area contributed by atoms with Crippen LogP contribution in [0.2, 0.25) is 0 Å². The van der Waals surface area contributed by atoms with Crippen LogP contribution in [0.1, 0.15) is 24.9 Å². The van der Waals surface area contributed by atoms with Crippen LogP contribution in [0.15, 0.2) is 22.7 Å². The van der Waals surface area contributed by atoms with E-state index in [0.29, 0.717) is 0 Å². The molecule has 0 aliphatic rings. The van der Waals surface area contributed by atoms with Crippen LogP contribution in [-0.2, 0) is 0 Å². The lowest BCUT2D eigenvalue weighted by Crippen LogP contribution is -2.09. The molecule has 13 heavy (non-hydrogen) atoms. The molecule has 1 atom stereocenters. The van der Waals surface area contributed by atoms with Gasteiger partial charge >= 0.3 is 0 Å². The maximum absolute atomic E-state index is 12.8. The van der Waals surface area contributed by atoms with E-state index in [0.717, 1.165) is 16.5 Å². The highest BCUT2D eigenvalue weighted by molar-refractivity contribution is 9.10. The van der Waals surface area contributed by atoms with Gasteiger partial charge in [0.1, 0.15) is 5.82 Å². The lowest BCUT2D eigenvalue weighted by atomic mass is 10.1. The van der Waals surface area contributed by atoms with Crippen molar-refractivity contribution in [2.45, 2.75) is 19.4 Å². The maximum Gasteiger partial charge on any atom is 0.123 e. The number of hydrogen-bond donors (Lipinski definition) is 1. The van der Waals surface area contributed by atoms with Crippen molar-refractivity contribution in [1.29, 1.82) is 0 Å². The van der Waals surface area contributed by atoms with Crippen LogP contribution in [0.4, 0.5) is 4.39 Å². The molecule has 4 heteroatoms. The van der Waals surface area contributed by atoms with E-state index in [-0.39, 0.29) is 24.3 Å². The van der Waals surface area contributed by atoms with Crippen molar-refractivity contribution < 1.29 is 4.39 Å². The average Bonchev–Trinajstić information content (AvgIpc) is 2.08. The Morgan fingerprint density at radius 3 is 2.69 bits per heavy atom. The largest absolute Gasteiger partial charge is 0.324 e. The highest BCUT2D eigenvalue weighted by atomic mass is 79.9. The van der Waals surface area contributed by atoms with Crippen LogP contribution >= 0.6 is 28.3 Å². The third-order valence-electron chi connectivity index (χ3n) is 1.80. The minimum absolute atomic E-state index is 0. The normalized spacial score (nSPS) is 12.0. The summed E-state index contributed by atoms with van der Waals surface area (Å²) in [4.78, 5) is 0. The molecule has 1 aromatic rings. The predicted molar refractivity (Wildman–Crippen MR) is 58.6 cm³/mol. The van der Waals surface area contributed by atoms with E-state index in [4.69, 9.17) is 5.73 Å². The Morgan fingerprint density at radius 2 is 2.15 bits per heavy atom. The van der Waals surface area contributed by atoms with Crippen molar-refractivity contribution >= 4 is 28.3 Å². The van der Waals surface area contributed by atoms with Gasteiger partial charge in [0.2, 0.25) is 0 Å². The molecular weight excluding hydrogens is 256 g/mol. The molecule has 0 saturated carbocycles. The number of rotatable bonds is 2. The summed E-state index contributed by atoms with van der Waals surface area (Å²) in [7, 11) is 0. The van der Waals surface area contributed by atoms with Gasteiger partial charge in [-0.05, 0) is 30.2 Å². The third-order valence-corrected chi connectivity index (χ3v) is 2.52. The Bertz CT molecular complexity index is 280. The van der Waals surface area contributed by atoms with Crippen LogP contribution in [0.25, 0.3) is 0 Å². The molecule has 0 fully saturated rings. The summed E-state index contributed by atoms with van der Waals surface area (Å²) in [5, 5.41) is 0. The molecule has 74 valence electrons. The minimum Gasteiger partial charge on any atom is -0.324 e. The minimum atomic E-state index is -0.239. The van der Waals surface area contributed by atoms with E-state index < -0.39 is 0 Å². The number of halogens is 3. The molecule has 2 N–H and O–H groups in total. The zero-order valence-electron chi connectivity index (χ0n) is 7.26. The molecule has 0 spiro atoms. The number of nitrogens with two attached hydrogens (primary N) is 1. The molecule has 0 unspecified atom stereocenters. The number of hydrogen-bond acceptors (Lipinski definition) is 1. The van der Waals surface area contributed by atoms with E-state index in [1.54, 1.807) is 6.07 Å².